The number of hydrogen-bond acceptors (Lipinski definition) is 3. The highest BCUT2D eigenvalue weighted by Crippen LogP contribution is 2.28. The molecule has 0 saturated carbocycles. The van der Waals surface area contributed by atoms with Gasteiger partial charge >= 0.3 is 0 Å². The number of halogens is 1. The van der Waals surface area contributed by atoms with E-state index < -0.39 is 5.91 Å². The zero-order chi connectivity index (χ0) is 14.0. The largest absolute Gasteiger partial charge is 0.370 e. The van der Waals surface area contributed by atoms with Gasteiger partial charge in [-0.1, -0.05) is 23.7 Å². The van der Waals surface area contributed by atoms with E-state index in [4.69, 9.17) is 23.1 Å². The van der Waals surface area contributed by atoms with E-state index >= 15 is 0 Å². The fourth-order valence-corrected chi connectivity index (χ4v) is 2.00. The number of aliphatic imine (C=N–C) groups is 1. The molecule has 0 aromatic heterocycles. The fraction of sp³-hybridized carbons (Fsp3) is 0.167. The standard InChI is InChI=1S/C12H14ClN5O/c1-7-8(11(19)16-12(14)15)6-18(17-7)10-5-3-2-4-9(10)13/h2-7,17H,1H3,(H4,14,15,16,19). The Balaban J connectivity index is 2.29. The van der Waals surface area contributed by atoms with Crippen molar-refractivity contribution in [2.75, 3.05) is 5.01 Å². The molecule has 1 atom stereocenters. The monoisotopic (exact) mass is 279 g/mol. The van der Waals surface area contributed by atoms with Gasteiger partial charge in [0.2, 0.25) is 0 Å². The average molecular weight is 280 g/mol. The lowest BCUT2D eigenvalue weighted by Gasteiger charge is -2.19. The van der Waals surface area contributed by atoms with Gasteiger partial charge in [0.1, 0.15) is 0 Å². The summed E-state index contributed by atoms with van der Waals surface area (Å²) < 4.78 is 0. The van der Waals surface area contributed by atoms with E-state index in [0.717, 1.165) is 5.69 Å². The summed E-state index contributed by atoms with van der Waals surface area (Å²) >= 11 is 6.10. The molecule has 1 aliphatic heterocycles. The topological polar surface area (TPSA) is 96.7 Å². The minimum absolute atomic E-state index is 0.202. The molecule has 1 aliphatic rings. The molecule has 1 amide bonds. The molecule has 1 aromatic rings. The Morgan fingerprint density at radius 3 is 2.74 bits per heavy atom. The van der Waals surface area contributed by atoms with Crippen molar-refractivity contribution in [1.29, 1.82) is 0 Å². The molecule has 0 bridgehead atoms. The van der Waals surface area contributed by atoms with Crippen LogP contribution < -0.4 is 21.9 Å². The smallest absolute Gasteiger partial charge is 0.279 e. The van der Waals surface area contributed by atoms with Crippen LogP contribution in [0.25, 0.3) is 0 Å². The van der Waals surface area contributed by atoms with Crippen molar-refractivity contribution in [3.8, 4) is 0 Å². The number of nitrogens with one attached hydrogen (secondary N) is 1. The Hall–Kier alpha value is -2.05. The summed E-state index contributed by atoms with van der Waals surface area (Å²) in [6.45, 7) is 1.84. The first-order valence-electron chi connectivity index (χ1n) is 5.64. The second-order valence-corrected chi connectivity index (χ2v) is 4.51. The van der Waals surface area contributed by atoms with E-state index in [1.54, 1.807) is 17.3 Å². The molecule has 1 heterocycles. The van der Waals surface area contributed by atoms with Crippen LogP contribution in [0.15, 0.2) is 41.0 Å². The van der Waals surface area contributed by atoms with Gasteiger partial charge in [0.15, 0.2) is 5.96 Å². The highest BCUT2D eigenvalue weighted by molar-refractivity contribution is 6.33. The van der Waals surface area contributed by atoms with Crippen LogP contribution in [-0.4, -0.2) is 17.9 Å². The van der Waals surface area contributed by atoms with E-state index in [0.29, 0.717) is 10.6 Å². The van der Waals surface area contributed by atoms with Crippen molar-refractivity contribution in [3.05, 3.63) is 41.1 Å². The molecule has 100 valence electrons. The number of hydrazine groups is 1. The van der Waals surface area contributed by atoms with Crippen LogP contribution in [-0.2, 0) is 4.79 Å². The maximum absolute atomic E-state index is 11.8. The Bertz CT molecular complexity index is 565. The average Bonchev–Trinajstić information content (AvgIpc) is 2.71. The van der Waals surface area contributed by atoms with Gasteiger partial charge < -0.3 is 11.5 Å². The number of carbonyl (C=O) groups is 1. The minimum Gasteiger partial charge on any atom is -0.370 e. The van der Waals surface area contributed by atoms with Crippen LogP contribution in [0.1, 0.15) is 6.92 Å². The van der Waals surface area contributed by atoms with Gasteiger partial charge in [-0.25, -0.2) is 5.43 Å². The maximum atomic E-state index is 11.8. The summed E-state index contributed by atoms with van der Waals surface area (Å²) in [5, 5.41) is 2.26. The van der Waals surface area contributed by atoms with Crippen LogP contribution in [0.2, 0.25) is 5.02 Å². The summed E-state index contributed by atoms with van der Waals surface area (Å²) in [5.41, 5.74) is 14.7. The number of rotatable bonds is 2. The van der Waals surface area contributed by atoms with Crippen LogP contribution in [0.4, 0.5) is 5.69 Å². The second kappa shape index (κ2) is 5.29. The number of guanidine groups is 1. The van der Waals surface area contributed by atoms with Crippen LogP contribution in [0.5, 0.6) is 0 Å². The molecule has 2 rings (SSSR count). The highest BCUT2D eigenvalue weighted by atomic mass is 35.5. The number of carbonyl (C=O) groups excluding carboxylic acids is 1. The Labute approximate surface area is 115 Å². The maximum Gasteiger partial charge on any atom is 0.279 e. The summed E-state index contributed by atoms with van der Waals surface area (Å²) in [6, 6.07) is 7.10. The first-order chi connectivity index (χ1) is 8.99. The molecule has 7 heteroatoms. The lowest BCUT2D eigenvalue weighted by molar-refractivity contribution is -0.114. The number of nitrogens with zero attached hydrogens (tertiary/aromatic N) is 2. The summed E-state index contributed by atoms with van der Waals surface area (Å²) in [6.07, 6.45) is 1.64. The number of benzene rings is 1. The molecule has 1 unspecified atom stereocenters. The van der Waals surface area contributed by atoms with Crippen molar-refractivity contribution >= 4 is 29.2 Å². The van der Waals surface area contributed by atoms with Gasteiger partial charge in [0.05, 0.1) is 22.3 Å². The zero-order valence-corrected chi connectivity index (χ0v) is 11.1. The Morgan fingerprint density at radius 2 is 2.11 bits per heavy atom. The number of hydrogen-bond donors (Lipinski definition) is 3. The SMILES string of the molecule is CC1NN(c2ccccc2Cl)C=C1C(=O)N=C(N)N. The molecular formula is C12H14ClN5O. The molecule has 6 nitrogen and oxygen atoms in total. The number of nitrogens with two attached hydrogens (primary N) is 2. The van der Waals surface area contributed by atoms with Crippen molar-refractivity contribution in [1.82, 2.24) is 5.43 Å². The molecule has 5 N–H and O–H groups in total. The van der Waals surface area contributed by atoms with Crippen LogP contribution in [0, 0.1) is 0 Å². The van der Waals surface area contributed by atoms with Gasteiger partial charge in [-0.3, -0.25) is 9.80 Å². The Morgan fingerprint density at radius 1 is 1.42 bits per heavy atom. The molecule has 19 heavy (non-hydrogen) atoms. The van der Waals surface area contributed by atoms with Gasteiger partial charge in [-0.2, -0.15) is 4.99 Å². The van der Waals surface area contributed by atoms with Crippen LogP contribution in [0.3, 0.4) is 0 Å². The minimum atomic E-state index is -0.463. The fourth-order valence-electron chi connectivity index (χ4n) is 1.77. The van der Waals surface area contributed by atoms with Crippen molar-refractivity contribution in [3.63, 3.8) is 0 Å². The highest BCUT2D eigenvalue weighted by Gasteiger charge is 2.26. The van der Waals surface area contributed by atoms with E-state index in [1.165, 1.54) is 0 Å². The molecule has 0 saturated heterocycles. The van der Waals surface area contributed by atoms with Gasteiger partial charge in [-0.05, 0) is 19.1 Å². The molecule has 0 spiro atoms. The van der Waals surface area contributed by atoms with E-state index in [2.05, 4.69) is 10.4 Å². The first-order valence-corrected chi connectivity index (χ1v) is 6.02. The van der Waals surface area contributed by atoms with E-state index in [1.807, 2.05) is 25.1 Å². The van der Waals surface area contributed by atoms with E-state index in [-0.39, 0.29) is 12.0 Å². The van der Waals surface area contributed by atoms with Gasteiger partial charge in [-0.15, -0.1) is 0 Å². The third-order valence-electron chi connectivity index (χ3n) is 2.66. The quantitative estimate of drug-likeness (QED) is 0.548. The summed E-state index contributed by atoms with van der Waals surface area (Å²) in [5.74, 6) is -0.719. The summed E-state index contributed by atoms with van der Waals surface area (Å²) in [7, 11) is 0. The molecule has 1 aromatic carbocycles. The van der Waals surface area contributed by atoms with Gasteiger partial charge in [0, 0.05) is 6.20 Å². The number of anilines is 1. The lowest BCUT2D eigenvalue weighted by Crippen LogP contribution is -2.35. The third-order valence-corrected chi connectivity index (χ3v) is 2.98. The normalized spacial score (nSPS) is 18.1. The van der Waals surface area contributed by atoms with E-state index in [9.17, 15) is 4.79 Å². The second-order valence-electron chi connectivity index (χ2n) is 4.10. The van der Waals surface area contributed by atoms with Crippen LogP contribution >= 0.6 is 11.6 Å². The van der Waals surface area contributed by atoms with Crippen molar-refractivity contribution in [2.24, 2.45) is 16.5 Å². The third kappa shape index (κ3) is 2.86. The molecule has 0 fully saturated rings. The lowest BCUT2D eigenvalue weighted by atomic mass is 10.1. The first kappa shape index (κ1) is 13.4. The summed E-state index contributed by atoms with van der Waals surface area (Å²) in [4.78, 5) is 15.3. The molecular weight excluding hydrogens is 266 g/mol. The number of para-hydroxylation sites is 1. The molecule has 0 aliphatic carbocycles. The van der Waals surface area contributed by atoms with Crippen molar-refractivity contribution < 1.29 is 4.79 Å². The predicted octanol–water partition coefficient (Wildman–Crippen LogP) is 0.737. The molecule has 0 radical (unpaired) electrons. The zero-order valence-electron chi connectivity index (χ0n) is 10.3. The predicted molar refractivity (Wildman–Crippen MR) is 75.4 cm³/mol. The van der Waals surface area contributed by atoms with Gasteiger partial charge in [0.25, 0.3) is 5.91 Å². The Kier molecular flexibility index (Phi) is 3.73. The number of amides is 1. The van der Waals surface area contributed by atoms with Crippen molar-refractivity contribution in [2.45, 2.75) is 13.0 Å².